The van der Waals surface area contributed by atoms with E-state index in [0.29, 0.717) is 49.9 Å². The highest BCUT2D eigenvalue weighted by Gasteiger charge is 2.14. The summed E-state index contributed by atoms with van der Waals surface area (Å²) < 4.78 is 16.0. The Kier molecular flexibility index (Phi) is 9.42. The molecule has 0 atom stereocenters. The molecule has 1 N–H and O–H groups in total. The summed E-state index contributed by atoms with van der Waals surface area (Å²) in [6, 6.07) is 19.4. The van der Waals surface area contributed by atoms with Crippen molar-refractivity contribution >= 4 is 23.3 Å². The molecule has 3 aromatic rings. The Morgan fingerprint density at radius 3 is 2.76 bits per heavy atom. The van der Waals surface area contributed by atoms with Gasteiger partial charge in [0.25, 0.3) is 0 Å². The number of hydrogen-bond acceptors (Lipinski definition) is 8. The number of carbonyl (C=O) groups is 1. The van der Waals surface area contributed by atoms with Crippen LogP contribution in [0.1, 0.15) is 23.2 Å². The Bertz CT molecular complexity index is 1210. The molecule has 9 heteroatoms. The van der Waals surface area contributed by atoms with Crippen molar-refractivity contribution in [1.82, 2.24) is 4.98 Å². The van der Waals surface area contributed by atoms with Gasteiger partial charge in [0.2, 0.25) is 0 Å². The van der Waals surface area contributed by atoms with E-state index < -0.39 is 6.09 Å². The second kappa shape index (κ2) is 13.4. The van der Waals surface area contributed by atoms with Gasteiger partial charge in [-0.05, 0) is 43.5 Å². The van der Waals surface area contributed by atoms with Crippen molar-refractivity contribution < 1.29 is 19.0 Å². The van der Waals surface area contributed by atoms with Gasteiger partial charge in [0, 0.05) is 42.3 Å². The number of benzene rings is 2. The monoisotopic (exact) mass is 503 g/mol. The van der Waals surface area contributed by atoms with Gasteiger partial charge in [0.1, 0.15) is 5.75 Å². The van der Waals surface area contributed by atoms with E-state index in [4.69, 9.17) is 19.2 Å². The molecular weight excluding hydrogens is 470 g/mol. The van der Waals surface area contributed by atoms with E-state index in [1.165, 1.54) is 5.56 Å². The number of carbonyl (C=O) groups excluding carboxylic acids is 1. The Balaban J connectivity index is 1.35. The van der Waals surface area contributed by atoms with Gasteiger partial charge in [-0.15, -0.1) is 5.11 Å². The summed E-state index contributed by atoms with van der Waals surface area (Å²) in [5.41, 5.74) is 4.85. The number of rotatable bonds is 10. The van der Waals surface area contributed by atoms with Crippen LogP contribution in [0.25, 0.3) is 0 Å². The second-order valence-corrected chi connectivity index (χ2v) is 8.76. The van der Waals surface area contributed by atoms with Gasteiger partial charge in [-0.25, -0.2) is 9.78 Å². The molecule has 1 aliphatic rings. The number of hydrogen-bond donors (Lipinski definition) is 1. The summed E-state index contributed by atoms with van der Waals surface area (Å²) in [5, 5.41) is 11.5. The maximum Gasteiger partial charge on any atom is 0.411 e. The Morgan fingerprint density at radius 2 is 1.95 bits per heavy atom. The Hall–Kier alpha value is -3.98. The fourth-order valence-corrected chi connectivity index (χ4v) is 4.01. The zero-order valence-corrected chi connectivity index (χ0v) is 21.4. The van der Waals surface area contributed by atoms with Crippen molar-refractivity contribution in [2.45, 2.75) is 26.3 Å². The first-order valence-corrected chi connectivity index (χ1v) is 12.4. The van der Waals surface area contributed by atoms with Crippen LogP contribution < -0.4 is 15.0 Å². The molecule has 4 rings (SSSR count). The van der Waals surface area contributed by atoms with Gasteiger partial charge in [-0.2, -0.15) is 5.11 Å². The zero-order valence-electron chi connectivity index (χ0n) is 21.4. The molecule has 1 fully saturated rings. The Morgan fingerprint density at radius 1 is 1.11 bits per heavy atom. The number of amides is 1. The molecule has 1 saturated heterocycles. The van der Waals surface area contributed by atoms with Crippen LogP contribution in [-0.2, 0) is 22.4 Å². The van der Waals surface area contributed by atoms with E-state index in [2.05, 4.69) is 45.6 Å². The topological polar surface area (TPSA) is 97.6 Å². The summed E-state index contributed by atoms with van der Waals surface area (Å²) in [7, 11) is 1.58. The highest BCUT2D eigenvalue weighted by molar-refractivity contribution is 5.84. The number of morpholine rings is 1. The number of nitrogens with zero attached hydrogens (tertiary/aromatic N) is 4. The smallest absolute Gasteiger partial charge is 0.411 e. The van der Waals surface area contributed by atoms with Crippen LogP contribution in [0, 0.1) is 6.92 Å². The third-order valence-corrected chi connectivity index (χ3v) is 5.86. The molecule has 1 aromatic heterocycles. The van der Waals surface area contributed by atoms with Gasteiger partial charge in [-0.3, -0.25) is 5.32 Å². The summed E-state index contributed by atoms with van der Waals surface area (Å²) >= 11 is 0. The maximum atomic E-state index is 12.2. The normalized spacial score (nSPS) is 13.5. The highest BCUT2D eigenvalue weighted by Crippen LogP contribution is 2.24. The molecule has 194 valence electrons. The van der Waals surface area contributed by atoms with Crippen LogP contribution in [0.15, 0.2) is 70.9 Å². The van der Waals surface area contributed by atoms with Crippen LogP contribution in [0.2, 0.25) is 0 Å². The molecule has 2 heterocycles. The number of anilines is 2. The summed E-state index contributed by atoms with van der Waals surface area (Å²) in [6.45, 7) is 5.84. The first-order chi connectivity index (χ1) is 18.1. The third kappa shape index (κ3) is 8.28. The van der Waals surface area contributed by atoms with E-state index in [1.54, 1.807) is 25.3 Å². The molecule has 0 unspecified atom stereocenters. The predicted octanol–water partition coefficient (Wildman–Crippen LogP) is 5.70. The fourth-order valence-electron chi connectivity index (χ4n) is 4.01. The molecule has 0 bridgehead atoms. The van der Waals surface area contributed by atoms with Gasteiger partial charge < -0.3 is 19.1 Å². The largest absolute Gasteiger partial charge is 0.497 e. The molecule has 0 aliphatic carbocycles. The van der Waals surface area contributed by atoms with Crippen LogP contribution in [0.4, 0.5) is 22.0 Å². The molecule has 2 aromatic carbocycles. The number of methoxy groups -OCH3 is 1. The number of aryl methyl sites for hydroxylation is 2. The molecule has 37 heavy (non-hydrogen) atoms. The van der Waals surface area contributed by atoms with Gasteiger partial charge in [0.05, 0.1) is 33.5 Å². The van der Waals surface area contributed by atoms with Crippen LogP contribution in [0.5, 0.6) is 5.75 Å². The number of ether oxygens (including phenoxy) is 3. The van der Waals surface area contributed by atoms with Crippen LogP contribution >= 0.6 is 0 Å². The van der Waals surface area contributed by atoms with Gasteiger partial charge >= 0.3 is 6.09 Å². The van der Waals surface area contributed by atoms with Crippen molar-refractivity contribution in [3.63, 3.8) is 0 Å². The molecular formula is C28H33N5O4. The summed E-state index contributed by atoms with van der Waals surface area (Å²) in [6.07, 6.45) is 0.768. The number of nitrogens with one attached hydrogen (secondary N) is 1. The quantitative estimate of drug-likeness (QED) is 0.282. The summed E-state index contributed by atoms with van der Waals surface area (Å²) in [4.78, 5) is 19.1. The van der Waals surface area contributed by atoms with Crippen LogP contribution in [0.3, 0.4) is 0 Å². The molecule has 9 nitrogen and oxygen atoms in total. The van der Waals surface area contributed by atoms with E-state index >= 15 is 0 Å². The van der Waals surface area contributed by atoms with Crippen LogP contribution in [-0.4, -0.2) is 51.1 Å². The van der Waals surface area contributed by atoms with Crippen molar-refractivity contribution in [3.8, 4) is 5.75 Å². The van der Waals surface area contributed by atoms with Gasteiger partial charge in [0.15, 0.2) is 5.82 Å². The number of pyridine rings is 1. The molecule has 0 radical (unpaired) electrons. The lowest BCUT2D eigenvalue weighted by Gasteiger charge is -2.29. The number of azo groups is 1. The average molecular weight is 504 g/mol. The lowest BCUT2D eigenvalue weighted by atomic mass is 10.1. The van der Waals surface area contributed by atoms with E-state index in [-0.39, 0.29) is 6.61 Å². The fraction of sp³-hybridized carbons (Fsp3) is 0.357. The maximum absolute atomic E-state index is 12.2. The van der Waals surface area contributed by atoms with E-state index in [1.807, 2.05) is 24.3 Å². The average Bonchev–Trinajstić information content (AvgIpc) is 2.92. The van der Waals surface area contributed by atoms with Crippen molar-refractivity contribution in [2.24, 2.45) is 10.2 Å². The lowest BCUT2D eigenvalue weighted by Crippen LogP contribution is -2.36. The van der Waals surface area contributed by atoms with E-state index in [0.717, 1.165) is 30.0 Å². The highest BCUT2D eigenvalue weighted by atomic mass is 16.5. The van der Waals surface area contributed by atoms with E-state index in [9.17, 15) is 4.79 Å². The minimum Gasteiger partial charge on any atom is -0.497 e. The Labute approximate surface area is 217 Å². The second-order valence-electron chi connectivity index (χ2n) is 8.76. The predicted molar refractivity (Wildman–Crippen MR) is 143 cm³/mol. The van der Waals surface area contributed by atoms with Crippen molar-refractivity contribution in [3.05, 3.63) is 77.5 Å². The lowest BCUT2D eigenvalue weighted by molar-refractivity contribution is 0.122. The molecule has 0 spiro atoms. The number of aromatic nitrogens is 1. The first kappa shape index (κ1) is 26.1. The molecule has 0 saturated carbocycles. The first-order valence-electron chi connectivity index (χ1n) is 12.4. The third-order valence-electron chi connectivity index (χ3n) is 5.86. The zero-order chi connectivity index (χ0) is 25.9. The van der Waals surface area contributed by atoms with Gasteiger partial charge in [-0.1, -0.05) is 35.9 Å². The summed E-state index contributed by atoms with van der Waals surface area (Å²) in [5.74, 6) is 1.24. The van der Waals surface area contributed by atoms with Crippen molar-refractivity contribution in [2.75, 3.05) is 50.2 Å². The molecule has 1 aliphatic heterocycles. The minimum absolute atomic E-state index is 0.267. The minimum atomic E-state index is -0.506. The molecule has 1 amide bonds. The SMILES string of the molecule is COc1cccc(NC(=O)OCCCc2cc(N3CCOCC3)cc(N=NCc3cccc(C)c3)n2)c1. The van der Waals surface area contributed by atoms with Crippen molar-refractivity contribution in [1.29, 1.82) is 0 Å². The standard InChI is InChI=1S/C28H33N5O4/c1-21-6-3-7-22(16-21)20-29-32-27-19-25(33-11-14-36-15-12-33)17-23(30-27)9-5-13-37-28(34)31-24-8-4-10-26(18-24)35-2/h3-4,6-8,10,16-19H,5,9,11-15,20H2,1-2H3,(H,31,34).